The van der Waals surface area contributed by atoms with Gasteiger partial charge in [-0.3, -0.25) is 0 Å². The number of anilines is 2. The summed E-state index contributed by atoms with van der Waals surface area (Å²) in [7, 11) is 0. The smallest absolute Gasteiger partial charge is 0.222 e. The maximum atomic E-state index is 5.82. The predicted octanol–water partition coefficient (Wildman–Crippen LogP) is 2.45. The number of benzene rings is 1. The van der Waals surface area contributed by atoms with E-state index in [9.17, 15) is 0 Å². The molecule has 2 unspecified atom stereocenters. The van der Waals surface area contributed by atoms with Gasteiger partial charge in [-0.2, -0.15) is 4.98 Å². The van der Waals surface area contributed by atoms with E-state index in [1.807, 2.05) is 18.2 Å². The average molecular weight is 242 g/mol. The Hall–Kier alpha value is -1.84. The maximum absolute atomic E-state index is 5.82. The summed E-state index contributed by atoms with van der Waals surface area (Å²) in [5.41, 5.74) is 6.75. The molecule has 0 amide bonds. The van der Waals surface area contributed by atoms with Crippen molar-refractivity contribution in [2.24, 2.45) is 5.92 Å². The van der Waals surface area contributed by atoms with Crippen LogP contribution in [0.15, 0.2) is 24.3 Å². The van der Waals surface area contributed by atoms with Gasteiger partial charge < -0.3 is 10.6 Å². The van der Waals surface area contributed by atoms with Crippen LogP contribution in [0.4, 0.5) is 11.8 Å². The number of nitrogens with two attached hydrogens (primary N) is 1. The van der Waals surface area contributed by atoms with Crippen molar-refractivity contribution in [1.82, 2.24) is 9.97 Å². The lowest BCUT2D eigenvalue weighted by molar-refractivity contribution is 0.625. The highest BCUT2D eigenvalue weighted by atomic mass is 15.2. The predicted molar refractivity (Wildman–Crippen MR) is 74.5 cm³/mol. The maximum Gasteiger partial charge on any atom is 0.222 e. The summed E-state index contributed by atoms with van der Waals surface area (Å²) in [6.45, 7) is 5.57. The summed E-state index contributed by atoms with van der Waals surface area (Å²) < 4.78 is 0. The molecule has 3 rings (SSSR count). The van der Waals surface area contributed by atoms with Crippen LogP contribution in [0.2, 0.25) is 0 Å². The van der Waals surface area contributed by atoms with Crippen molar-refractivity contribution in [3.8, 4) is 0 Å². The van der Waals surface area contributed by atoms with Gasteiger partial charge in [0.1, 0.15) is 5.82 Å². The minimum atomic E-state index is 0.357. The monoisotopic (exact) mass is 242 g/mol. The Balaban J connectivity index is 2.16. The number of rotatable bonds is 1. The van der Waals surface area contributed by atoms with Crippen molar-refractivity contribution in [3.05, 3.63) is 24.3 Å². The number of nitrogen functional groups attached to an aromatic ring is 1. The molecular weight excluding hydrogens is 224 g/mol. The minimum Gasteiger partial charge on any atom is -0.368 e. The van der Waals surface area contributed by atoms with Crippen LogP contribution in [0.25, 0.3) is 10.9 Å². The van der Waals surface area contributed by atoms with Gasteiger partial charge in [-0.25, -0.2) is 4.98 Å². The highest BCUT2D eigenvalue weighted by Crippen LogP contribution is 2.32. The zero-order valence-corrected chi connectivity index (χ0v) is 10.8. The standard InChI is InChI=1S/C14H18N4/c1-9-7-10(2)18(8-9)13-11-5-3-4-6-12(11)16-14(15)17-13/h3-6,9-10H,7-8H2,1-2H3,(H2,15,16,17). The lowest BCUT2D eigenvalue weighted by Crippen LogP contribution is -2.28. The summed E-state index contributed by atoms with van der Waals surface area (Å²) in [6, 6.07) is 8.57. The highest BCUT2D eigenvalue weighted by Gasteiger charge is 2.28. The molecule has 4 heteroatoms. The third kappa shape index (κ3) is 1.78. The molecule has 94 valence electrons. The number of nitrogens with zero attached hydrogens (tertiary/aromatic N) is 3. The van der Waals surface area contributed by atoms with E-state index in [1.54, 1.807) is 0 Å². The molecule has 0 saturated carbocycles. The Labute approximate surface area is 107 Å². The Morgan fingerprint density at radius 2 is 2.00 bits per heavy atom. The molecule has 2 heterocycles. The summed E-state index contributed by atoms with van der Waals surface area (Å²) >= 11 is 0. The largest absolute Gasteiger partial charge is 0.368 e. The first-order chi connectivity index (χ1) is 8.65. The fraction of sp³-hybridized carbons (Fsp3) is 0.429. The van der Waals surface area contributed by atoms with E-state index in [1.165, 1.54) is 6.42 Å². The fourth-order valence-corrected chi connectivity index (χ4v) is 2.89. The second-order valence-electron chi connectivity index (χ2n) is 5.26. The van der Waals surface area contributed by atoms with Gasteiger partial charge in [0, 0.05) is 18.0 Å². The van der Waals surface area contributed by atoms with Crippen molar-refractivity contribution >= 4 is 22.7 Å². The van der Waals surface area contributed by atoms with Gasteiger partial charge in [-0.05, 0) is 31.4 Å². The third-order valence-corrected chi connectivity index (χ3v) is 3.66. The number of aromatic nitrogens is 2. The van der Waals surface area contributed by atoms with Gasteiger partial charge >= 0.3 is 0 Å². The van der Waals surface area contributed by atoms with Crippen LogP contribution in [0.1, 0.15) is 20.3 Å². The summed E-state index contributed by atoms with van der Waals surface area (Å²) in [5, 5.41) is 1.09. The van der Waals surface area contributed by atoms with Crippen LogP contribution in [0, 0.1) is 5.92 Å². The number of hydrogen-bond donors (Lipinski definition) is 1. The fourth-order valence-electron chi connectivity index (χ4n) is 2.89. The SMILES string of the molecule is CC1CC(C)N(c2nc(N)nc3ccccc23)C1. The number of para-hydroxylation sites is 1. The van der Waals surface area contributed by atoms with Crippen molar-refractivity contribution in [2.75, 3.05) is 17.2 Å². The van der Waals surface area contributed by atoms with Crippen molar-refractivity contribution in [1.29, 1.82) is 0 Å². The lowest BCUT2D eigenvalue weighted by Gasteiger charge is -2.24. The molecule has 2 aromatic rings. The van der Waals surface area contributed by atoms with E-state index in [0.29, 0.717) is 17.9 Å². The molecular formula is C14H18N4. The van der Waals surface area contributed by atoms with Crippen molar-refractivity contribution < 1.29 is 0 Å². The molecule has 1 aromatic carbocycles. The summed E-state index contributed by atoms with van der Waals surface area (Å²) in [6.07, 6.45) is 1.21. The zero-order valence-electron chi connectivity index (χ0n) is 10.8. The van der Waals surface area contributed by atoms with Crippen molar-refractivity contribution in [3.63, 3.8) is 0 Å². The second-order valence-corrected chi connectivity index (χ2v) is 5.26. The second kappa shape index (κ2) is 4.12. The molecule has 18 heavy (non-hydrogen) atoms. The van der Waals surface area contributed by atoms with Crippen LogP contribution in [-0.2, 0) is 0 Å². The molecule has 2 atom stereocenters. The van der Waals surface area contributed by atoms with E-state index >= 15 is 0 Å². The Morgan fingerprint density at radius 1 is 1.22 bits per heavy atom. The third-order valence-electron chi connectivity index (χ3n) is 3.66. The quantitative estimate of drug-likeness (QED) is 0.834. The molecule has 1 fully saturated rings. The topological polar surface area (TPSA) is 55.0 Å². The molecule has 0 spiro atoms. The molecule has 0 bridgehead atoms. The molecule has 4 nitrogen and oxygen atoms in total. The van der Waals surface area contributed by atoms with E-state index in [-0.39, 0.29) is 0 Å². The van der Waals surface area contributed by atoms with Gasteiger partial charge in [0.15, 0.2) is 0 Å². The van der Waals surface area contributed by atoms with Gasteiger partial charge in [0.2, 0.25) is 5.95 Å². The number of fused-ring (bicyclic) bond motifs is 1. The molecule has 0 aliphatic carbocycles. The normalized spacial score (nSPS) is 23.8. The summed E-state index contributed by atoms with van der Waals surface area (Å²) in [5.74, 6) is 2.04. The van der Waals surface area contributed by atoms with Gasteiger partial charge in [-0.15, -0.1) is 0 Å². The van der Waals surface area contributed by atoms with Gasteiger partial charge in [0.05, 0.1) is 5.52 Å². The molecule has 1 saturated heterocycles. The van der Waals surface area contributed by atoms with E-state index in [2.05, 4.69) is 34.8 Å². The Morgan fingerprint density at radius 3 is 2.72 bits per heavy atom. The zero-order chi connectivity index (χ0) is 12.7. The van der Waals surface area contributed by atoms with Crippen LogP contribution >= 0.6 is 0 Å². The first-order valence-corrected chi connectivity index (χ1v) is 6.44. The van der Waals surface area contributed by atoms with Crippen molar-refractivity contribution in [2.45, 2.75) is 26.3 Å². The van der Waals surface area contributed by atoms with Gasteiger partial charge in [-0.1, -0.05) is 19.1 Å². The highest BCUT2D eigenvalue weighted by molar-refractivity contribution is 5.90. The average Bonchev–Trinajstić information content (AvgIpc) is 2.67. The van der Waals surface area contributed by atoms with E-state index in [4.69, 9.17) is 5.73 Å². The Bertz CT molecular complexity index is 581. The van der Waals surface area contributed by atoms with E-state index < -0.39 is 0 Å². The van der Waals surface area contributed by atoms with Gasteiger partial charge in [0.25, 0.3) is 0 Å². The first kappa shape index (κ1) is 11.3. The molecule has 1 aliphatic heterocycles. The van der Waals surface area contributed by atoms with Crippen LogP contribution in [0.5, 0.6) is 0 Å². The molecule has 2 N–H and O–H groups in total. The lowest BCUT2D eigenvalue weighted by atomic mass is 10.1. The number of hydrogen-bond acceptors (Lipinski definition) is 4. The Kier molecular flexibility index (Phi) is 2.58. The summed E-state index contributed by atoms with van der Waals surface area (Å²) in [4.78, 5) is 11.1. The van der Waals surface area contributed by atoms with Crippen LogP contribution in [0.3, 0.4) is 0 Å². The molecule has 1 aromatic heterocycles. The van der Waals surface area contributed by atoms with Crippen LogP contribution < -0.4 is 10.6 Å². The molecule has 1 aliphatic rings. The minimum absolute atomic E-state index is 0.357. The molecule has 0 radical (unpaired) electrons. The van der Waals surface area contributed by atoms with E-state index in [0.717, 1.165) is 23.3 Å². The van der Waals surface area contributed by atoms with Crippen LogP contribution in [-0.4, -0.2) is 22.6 Å². The first-order valence-electron chi connectivity index (χ1n) is 6.44.